The van der Waals surface area contributed by atoms with E-state index in [0.717, 1.165) is 22.5 Å². The number of aromatic nitrogens is 4. The molecule has 1 N–H and O–H groups in total. The predicted octanol–water partition coefficient (Wildman–Crippen LogP) is 4.04. The number of hydrogen-bond donors (Lipinski definition) is 1. The Bertz CT molecular complexity index is 1120. The predicted molar refractivity (Wildman–Crippen MR) is 113 cm³/mol. The lowest BCUT2D eigenvalue weighted by atomic mass is 10.1. The van der Waals surface area contributed by atoms with E-state index >= 15 is 0 Å². The highest BCUT2D eigenvalue weighted by Crippen LogP contribution is 2.20. The molecule has 7 nitrogen and oxygen atoms in total. The molecule has 0 saturated carbocycles. The molecule has 4 aromatic rings. The largest absolute Gasteiger partial charge is 0.349 e. The molecule has 30 heavy (non-hydrogen) atoms. The maximum Gasteiger partial charge on any atom is 0.227 e. The summed E-state index contributed by atoms with van der Waals surface area (Å²) >= 11 is 0. The number of nitrogens with zero attached hydrogens (tertiary/aromatic N) is 4. The van der Waals surface area contributed by atoms with E-state index in [1.54, 1.807) is 6.20 Å². The highest BCUT2D eigenvalue weighted by molar-refractivity contribution is 5.76. The summed E-state index contributed by atoms with van der Waals surface area (Å²) in [5.74, 6) is 0.905. The van der Waals surface area contributed by atoms with Gasteiger partial charge in [0.1, 0.15) is 0 Å². The number of benzene rings is 2. The molecule has 0 bridgehead atoms. The van der Waals surface area contributed by atoms with Gasteiger partial charge in [0.25, 0.3) is 0 Å². The maximum absolute atomic E-state index is 12.4. The summed E-state index contributed by atoms with van der Waals surface area (Å²) in [7, 11) is 0. The first-order chi connectivity index (χ1) is 14.6. The van der Waals surface area contributed by atoms with Crippen molar-refractivity contribution in [2.45, 2.75) is 32.7 Å². The smallest absolute Gasteiger partial charge is 0.227 e. The van der Waals surface area contributed by atoms with Crippen LogP contribution in [0.3, 0.4) is 0 Å². The van der Waals surface area contributed by atoms with Gasteiger partial charge in [-0.3, -0.25) is 4.79 Å². The summed E-state index contributed by atoms with van der Waals surface area (Å²) in [4.78, 5) is 16.8. The van der Waals surface area contributed by atoms with Gasteiger partial charge < -0.3 is 9.84 Å². The highest BCUT2D eigenvalue weighted by Gasteiger charge is 2.17. The molecule has 1 amide bonds. The van der Waals surface area contributed by atoms with Crippen LogP contribution in [0.4, 0.5) is 0 Å². The standard InChI is InChI=1S/C23H23N5O2/c1-16(20-15-24-28(17(20)2)19-11-7-4-8-12-19)25-21(29)13-14-22-26-23(27-30-22)18-9-5-3-6-10-18/h3-12,15-16H,13-14H2,1-2H3,(H,25,29)/t16-/m1/s1. The van der Waals surface area contributed by atoms with E-state index in [1.165, 1.54) is 0 Å². The third-order valence-electron chi connectivity index (χ3n) is 4.96. The van der Waals surface area contributed by atoms with Crippen molar-refractivity contribution in [3.8, 4) is 17.1 Å². The number of amides is 1. The second-order valence-corrected chi connectivity index (χ2v) is 7.10. The van der Waals surface area contributed by atoms with Gasteiger partial charge in [0.15, 0.2) is 0 Å². The van der Waals surface area contributed by atoms with Crippen molar-refractivity contribution in [1.82, 2.24) is 25.2 Å². The molecule has 2 aromatic carbocycles. The Morgan fingerprint density at radius 3 is 2.53 bits per heavy atom. The number of carbonyl (C=O) groups is 1. The van der Waals surface area contributed by atoms with Crippen LogP contribution in [-0.2, 0) is 11.2 Å². The SMILES string of the molecule is Cc1c([C@@H](C)NC(=O)CCc2nc(-c3ccccc3)no2)cnn1-c1ccccc1. The van der Waals surface area contributed by atoms with E-state index in [-0.39, 0.29) is 18.4 Å². The van der Waals surface area contributed by atoms with Crippen molar-refractivity contribution < 1.29 is 9.32 Å². The molecule has 0 saturated heterocycles. The summed E-state index contributed by atoms with van der Waals surface area (Å²) in [6.45, 7) is 3.96. The zero-order chi connectivity index (χ0) is 20.9. The molecule has 0 unspecified atom stereocenters. The Kier molecular flexibility index (Phi) is 5.70. The molecule has 2 heterocycles. The fraction of sp³-hybridized carbons (Fsp3) is 0.217. The monoisotopic (exact) mass is 401 g/mol. The van der Waals surface area contributed by atoms with Gasteiger partial charge in [0.2, 0.25) is 17.6 Å². The quantitative estimate of drug-likeness (QED) is 0.505. The molecule has 0 radical (unpaired) electrons. The lowest BCUT2D eigenvalue weighted by Gasteiger charge is -2.14. The third-order valence-corrected chi connectivity index (χ3v) is 4.96. The first-order valence-corrected chi connectivity index (χ1v) is 9.89. The molecular weight excluding hydrogens is 378 g/mol. The molecular formula is C23H23N5O2. The first kappa shape index (κ1) is 19.6. The number of carbonyl (C=O) groups excluding carboxylic acids is 1. The fourth-order valence-corrected chi connectivity index (χ4v) is 3.35. The topological polar surface area (TPSA) is 85.8 Å². The number of hydrogen-bond acceptors (Lipinski definition) is 5. The Morgan fingerprint density at radius 1 is 1.10 bits per heavy atom. The van der Waals surface area contributed by atoms with Crippen molar-refractivity contribution >= 4 is 5.91 Å². The normalized spacial score (nSPS) is 11.9. The van der Waals surface area contributed by atoms with Gasteiger partial charge in [0.05, 0.1) is 17.9 Å². The minimum atomic E-state index is -0.155. The van der Waals surface area contributed by atoms with Crippen LogP contribution < -0.4 is 5.32 Å². The van der Waals surface area contributed by atoms with Crippen molar-refractivity contribution in [2.75, 3.05) is 0 Å². The van der Waals surface area contributed by atoms with E-state index in [2.05, 4.69) is 20.6 Å². The number of para-hydroxylation sites is 1. The van der Waals surface area contributed by atoms with Gasteiger partial charge in [-0.05, 0) is 26.0 Å². The molecule has 1 atom stereocenters. The van der Waals surface area contributed by atoms with Crippen LogP contribution in [-0.4, -0.2) is 25.8 Å². The molecule has 0 fully saturated rings. The van der Waals surface area contributed by atoms with Crippen LogP contribution in [0.1, 0.15) is 36.5 Å². The van der Waals surface area contributed by atoms with Crippen molar-refractivity contribution in [2.24, 2.45) is 0 Å². The Balaban J connectivity index is 1.35. The molecule has 2 aromatic heterocycles. The van der Waals surface area contributed by atoms with Gasteiger partial charge in [0, 0.05) is 29.7 Å². The summed E-state index contributed by atoms with van der Waals surface area (Å²) in [5.41, 5.74) is 3.86. The van der Waals surface area contributed by atoms with Gasteiger partial charge >= 0.3 is 0 Å². The molecule has 0 aliphatic heterocycles. The highest BCUT2D eigenvalue weighted by atomic mass is 16.5. The van der Waals surface area contributed by atoms with E-state index in [1.807, 2.05) is 79.2 Å². The second-order valence-electron chi connectivity index (χ2n) is 7.10. The van der Waals surface area contributed by atoms with Crippen molar-refractivity contribution in [3.05, 3.63) is 84.0 Å². The molecule has 0 spiro atoms. The second kappa shape index (κ2) is 8.73. The Hall–Kier alpha value is -3.74. The van der Waals surface area contributed by atoms with E-state index in [0.29, 0.717) is 18.1 Å². The van der Waals surface area contributed by atoms with E-state index in [4.69, 9.17) is 4.52 Å². The summed E-state index contributed by atoms with van der Waals surface area (Å²) < 4.78 is 7.15. The fourth-order valence-electron chi connectivity index (χ4n) is 3.35. The summed E-state index contributed by atoms with van der Waals surface area (Å²) in [6, 6.07) is 19.4. The van der Waals surface area contributed by atoms with Gasteiger partial charge in [-0.1, -0.05) is 53.7 Å². The zero-order valence-corrected chi connectivity index (χ0v) is 16.9. The van der Waals surface area contributed by atoms with Gasteiger partial charge in [-0.15, -0.1) is 0 Å². The molecule has 152 valence electrons. The van der Waals surface area contributed by atoms with Gasteiger partial charge in [-0.25, -0.2) is 4.68 Å². The van der Waals surface area contributed by atoms with E-state index < -0.39 is 0 Å². The van der Waals surface area contributed by atoms with Crippen molar-refractivity contribution in [1.29, 1.82) is 0 Å². The lowest BCUT2D eigenvalue weighted by molar-refractivity contribution is -0.121. The van der Waals surface area contributed by atoms with Gasteiger partial charge in [-0.2, -0.15) is 10.1 Å². The molecule has 0 aliphatic carbocycles. The first-order valence-electron chi connectivity index (χ1n) is 9.89. The summed E-state index contributed by atoms with van der Waals surface area (Å²) in [5, 5.41) is 11.5. The number of aryl methyl sites for hydroxylation is 1. The number of rotatable bonds is 7. The average Bonchev–Trinajstić information content (AvgIpc) is 3.40. The molecule has 0 aliphatic rings. The van der Waals surface area contributed by atoms with Crippen LogP contribution in [0, 0.1) is 6.92 Å². The molecule has 7 heteroatoms. The molecule has 4 rings (SSSR count). The van der Waals surface area contributed by atoms with Crippen LogP contribution in [0.2, 0.25) is 0 Å². The van der Waals surface area contributed by atoms with Crippen LogP contribution in [0.5, 0.6) is 0 Å². The maximum atomic E-state index is 12.4. The number of nitrogens with one attached hydrogen (secondary N) is 1. The van der Waals surface area contributed by atoms with Crippen LogP contribution >= 0.6 is 0 Å². The summed E-state index contributed by atoms with van der Waals surface area (Å²) in [6.07, 6.45) is 2.46. The minimum Gasteiger partial charge on any atom is -0.349 e. The third kappa shape index (κ3) is 4.30. The Morgan fingerprint density at radius 2 is 1.80 bits per heavy atom. The van der Waals surface area contributed by atoms with E-state index in [9.17, 15) is 4.79 Å². The lowest BCUT2D eigenvalue weighted by Crippen LogP contribution is -2.27. The Labute approximate surface area is 174 Å². The van der Waals surface area contributed by atoms with Crippen molar-refractivity contribution in [3.63, 3.8) is 0 Å². The zero-order valence-electron chi connectivity index (χ0n) is 16.9. The van der Waals surface area contributed by atoms with Crippen LogP contribution in [0.15, 0.2) is 71.4 Å². The average molecular weight is 401 g/mol. The minimum absolute atomic E-state index is 0.0752. The van der Waals surface area contributed by atoms with Crippen LogP contribution in [0.25, 0.3) is 17.1 Å².